The summed E-state index contributed by atoms with van der Waals surface area (Å²) < 4.78 is 0. The van der Waals surface area contributed by atoms with Crippen LogP contribution in [0.2, 0.25) is 0 Å². The molecule has 1 heterocycles. The van der Waals surface area contributed by atoms with Crippen molar-refractivity contribution >= 4 is 5.69 Å². The summed E-state index contributed by atoms with van der Waals surface area (Å²) in [6.45, 7) is 0.107. The van der Waals surface area contributed by atoms with Gasteiger partial charge in [0.15, 0.2) is 0 Å². The Hall–Kier alpha value is -1.80. The van der Waals surface area contributed by atoms with E-state index in [4.69, 9.17) is 0 Å². The van der Waals surface area contributed by atoms with Gasteiger partial charge in [-0.3, -0.25) is 0 Å². The van der Waals surface area contributed by atoms with Crippen LogP contribution in [0, 0.1) is 0 Å². The highest BCUT2D eigenvalue weighted by molar-refractivity contribution is 5.55. The monoisotopic (exact) mass is 239 g/mol. The number of hydrogen-bond donors (Lipinski definition) is 2. The van der Waals surface area contributed by atoms with Crippen molar-refractivity contribution in [2.24, 2.45) is 0 Å². The van der Waals surface area contributed by atoms with Crippen molar-refractivity contribution in [3.63, 3.8) is 0 Å². The number of aliphatic hydroxyl groups excluding tert-OH is 1. The number of fused-ring (bicyclic) bond motifs is 1. The highest BCUT2D eigenvalue weighted by Gasteiger charge is 2.20. The first-order chi connectivity index (χ1) is 8.88. The highest BCUT2D eigenvalue weighted by atomic mass is 16.3. The average molecular weight is 239 g/mol. The number of aliphatic hydroxyl groups is 1. The third-order valence-electron chi connectivity index (χ3n) is 3.65. The SMILES string of the molecule is OCc1ccccc1C1CCc2ccccc2N1. The molecule has 0 radical (unpaired) electrons. The number of benzene rings is 2. The second-order valence-electron chi connectivity index (χ2n) is 4.75. The molecule has 0 saturated heterocycles. The van der Waals surface area contributed by atoms with Crippen LogP contribution in [0.1, 0.15) is 29.2 Å². The number of anilines is 1. The Bertz CT molecular complexity index is 550. The minimum Gasteiger partial charge on any atom is -0.392 e. The van der Waals surface area contributed by atoms with Gasteiger partial charge in [-0.15, -0.1) is 0 Å². The maximum absolute atomic E-state index is 9.42. The van der Waals surface area contributed by atoms with Gasteiger partial charge in [-0.1, -0.05) is 42.5 Å². The molecular weight excluding hydrogens is 222 g/mol. The van der Waals surface area contributed by atoms with Gasteiger partial charge in [0.2, 0.25) is 0 Å². The molecule has 0 saturated carbocycles. The molecule has 0 bridgehead atoms. The lowest BCUT2D eigenvalue weighted by Gasteiger charge is -2.28. The Labute approximate surface area is 107 Å². The van der Waals surface area contributed by atoms with Gasteiger partial charge in [-0.05, 0) is 35.6 Å². The van der Waals surface area contributed by atoms with Crippen LogP contribution >= 0.6 is 0 Å². The van der Waals surface area contributed by atoms with Crippen molar-refractivity contribution in [1.82, 2.24) is 0 Å². The molecular formula is C16H17NO. The Morgan fingerprint density at radius 2 is 1.83 bits per heavy atom. The maximum Gasteiger partial charge on any atom is 0.0685 e. The highest BCUT2D eigenvalue weighted by Crippen LogP contribution is 2.33. The molecule has 92 valence electrons. The van der Waals surface area contributed by atoms with E-state index in [2.05, 4.69) is 35.6 Å². The molecule has 1 atom stereocenters. The van der Waals surface area contributed by atoms with Crippen molar-refractivity contribution in [1.29, 1.82) is 0 Å². The van der Waals surface area contributed by atoms with Crippen LogP contribution < -0.4 is 5.32 Å². The molecule has 2 aromatic rings. The first-order valence-electron chi connectivity index (χ1n) is 6.41. The van der Waals surface area contributed by atoms with Crippen LogP contribution in [-0.2, 0) is 13.0 Å². The zero-order valence-corrected chi connectivity index (χ0v) is 10.3. The van der Waals surface area contributed by atoms with Gasteiger partial charge in [-0.2, -0.15) is 0 Å². The molecule has 3 rings (SSSR count). The molecule has 0 aromatic heterocycles. The Balaban J connectivity index is 1.92. The summed E-state index contributed by atoms with van der Waals surface area (Å²) in [6.07, 6.45) is 2.17. The van der Waals surface area contributed by atoms with E-state index in [9.17, 15) is 5.11 Å². The van der Waals surface area contributed by atoms with Crippen molar-refractivity contribution in [3.8, 4) is 0 Å². The lowest BCUT2D eigenvalue weighted by Crippen LogP contribution is -2.19. The van der Waals surface area contributed by atoms with Gasteiger partial charge in [-0.25, -0.2) is 0 Å². The molecule has 0 spiro atoms. The Morgan fingerprint density at radius 1 is 1.06 bits per heavy atom. The van der Waals surface area contributed by atoms with E-state index in [1.54, 1.807) is 0 Å². The fraction of sp³-hybridized carbons (Fsp3) is 0.250. The van der Waals surface area contributed by atoms with Crippen LogP contribution in [0.4, 0.5) is 5.69 Å². The van der Waals surface area contributed by atoms with Crippen molar-refractivity contribution in [2.75, 3.05) is 5.32 Å². The number of para-hydroxylation sites is 1. The van der Waals surface area contributed by atoms with Crippen molar-refractivity contribution in [3.05, 3.63) is 65.2 Å². The van der Waals surface area contributed by atoms with Crippen molar-refractivity contribution in [2.45, 2.75) is 25.5 Å². The largest absolute Gasteiger partial charge is 0.392 e. The van der Waals surface area contributed by atoms with Gasteiger partial charge >= 0.3 is 0 Å². The Morgan fingerprint density at radius 3 is 2.72 bits per heavy atom. The maximum atomic E-state index is 9.42. The van der Waals surface area contributed by atoms with E-state index < -0.39 is 0 Å². The smallest absolute Gasteiger partial charge is 0.0685 e. The van der Waals surface area contributed by atoms with Crippen molar-refractivity contribution < 1.29 is 5.11 Å². The minimum absolute atomic E-state index is 0.107. The van der Waals surface area contributed by atoms with Crippen LogP contribution in [0.15, 0.2) is 48.5 Å². The second kappa shape index (κ2) is 4.83. The summed E-state index contributed by atoms with van der Waals surface area (Å²) >= 11 is 0. The zero-order chi connectivity index (χ0) is 12.4. The lowest BCUT2D eigenvalue weighted by molar-refractivity contribution is 0.280. The molecule has 18 heavy (non-hydrogen) atoms. The van der Waals surface area contributed by atoms with Crippen LogP contribution in [0.5, 0.6) is 0 Å². The summed E-state index contributed by atoms with van der Waals surface area (Å²) in [6, 6.07) is 16.9. The summed E-state index contributed by atoms with van der Waals surface area (Å²) in [5.41, 5.74) is 4.85. The lowest BCUT2D eigenvalue weighted by atomic mass is 9.91. The van der Waals surface area contributed by atoms with Gasteiger partial charge in [0.05, 0.1) is 12.6 Å². The molecule has 1 aliphatic rings. The third-order valence-corrected chi connectivity index (χ3v) is 3.65. The van der Waals surface area contributed by atoms with E-state index in [-0.39, 0.29) is 6.61 Å². The minimum atomic E-state index is 0.107. The van der Waals surface area contributed by atoms with E-state index in [1.165, 1.54) is 16.8 Å². The van der Waals surface area contributed by atoms with E-state index >= 15 is 0 Å². The summed E-state index contributed by atoms with van der Waals surface area (Å²) in [5.74, 6) is 0. The quantitative estimate of drug-likeness (QED) is 0.843. The topological polar surface area (TPSA) is 32.3 Å². The number of aryl methyl sites for hydroxylation is 1. The third kappa shape index (κ3) is 2.00. The standard InChI is InChI=1S/C16H17NO/c18-11-13-6-1-3-7-14(13)16-10-9-12-5-2-4-8-15(12)17-16/h1-8,16-18H,9-11H2. The average Bonchev–Trinajstić information content (AvgIpc) is 2.46. The number of hydrogen-bond acceptors (Lipinski definition) is 2. The molecule has 0 fully saturated rings. The predicted octanol–water partition coefficient (Wildman–Crippen LogP) is 3.28. The number of rotatable bonds is 2. The zero-order valence-electron chi connectivity index (χ0n) is 10.3. The summed E-state index contributed by atoms with van der Waals surface area (Å²) in [4.78, 5) is 0. The van der Waals surface area contributed by atoms with Gasteiger partial charge in [0.25, 0.3) is 0 Å². The molecule has 0 amide bonds. The molecule has 1 aliphatic heterocycles. The normalized spacial score (nSPS) is 17.9. The summed E-state index contributed by atoms with van der Waals surface area (Å²) in [5, 5.41) is 13.0. The fourth-order valence-electron chi connectivity index (χ4n) is 2.69. The van der Waals surface area contributed by atoms with Crippen LogP contribution in [0.3, 0.4) is 0 Å². The molecule has 1 unspecified atom stereocenters. The molecule has 2 nitrogen and oxygen atoms in total. The van der Waals surface area contributed by atoms with E-state index in [1.807, 2.05) is 18.2 Å². The van der Waals surface area contributed by atoms with Crippen LogP contribution in [0.25, 0.3) is 0 Å². The molecule has 2 aromatic carbocycles. The van der Waals surface area contributed by atoms with E-state index in [0.717, 1.165) is 18.4 Å². The van der Waals surface area contributed by atoms with E-state index in [0.29, 0.717) is 6.04 Å². The molecule has 2 heteroatoms. The second-order valence-corrected chi connectivity index (χ2v) is 4.75. The van der Waals surface area contributed by atoms with Gasteiger partial charge < -0.3 is 10.4 Å². The molecule has 0 aliphatic carbocycles. The predicted molar refractivity (Wildman–Crippen MR) is 73.5 cm³/mol. The van der Waals surface area contributed by atoms with Gasteiger partial charge in [0.1, 0.15) is 0 Å². The fourth-order valence-corrected chi connectivity index (χ4v) is 2.69. The number of nitrogens with one attached hydrogen (secondary N) is 1. The summed E-state index contributed by atoms with van der Waals surface area (Å²) in [7, 11) is 0. The van der Waals surface area contributed by atoms with Gasteiger partial charge in [0, 0.05) is 5.69 Å². The first-order valence-corrected chi connectivity index (χ1v) is 6.41. The Kier molecular flexibility index (Phi) is 3.03. The first kappa shape index (κ1) is 11.3. The van der Waals surface area contributed by atoms with Crippen LogP contribution in [-0.4, -0.2) is 5.11 Å². The molecule has 2 N–H and O–H groups in total.